The molecule has 0 unspecified atom stereocenters. The highest BCUT2D eigenvalue weighted by Gasteiger charge is 2.16. The van der Waals surface area contributed by atoms with E-state index in [2.05, 4.69) is 26.4 Å². The lowest BCUT2D eigenvalue weighted by molar-refractivity contribution is 0.0601. The van der Waals surface area contributed by atoms with E-state index in [-0.39, 0.29) is 5.69 Å². The monoisotopic (exact) mass is 377 g/mol. The Morgan fingerprint density at radius 3 is 2.48 bits per heavy atom. The fourth-order valence-corrected chi connectivity index (χ4v) is 3.12. The molecule has 1 heterocycles. The molecule has 3 aromatic rings. The average molecular weight is 377 g/mol. The molecule has 0 aliphatic rings. The predicted molar refractivity (Wildman–Crippen MR) is 105 cm³/mol. The second-order valence-corrected chi connectivity index (χ2v) is 6.38. The second kappa shape index (κ2) is 8.12. The molecule has 7 nitrogen and oxygen atoms in total. The van der Waals surface area contributed by atoms with Gasteiger partial charge in [-0.05, 0) is 36.4 Å². The fourth-order valence-electron chi connectivity index (χ4n) is 2.24. The third-order valence-corrected chi connectivity index (χ3v) is 4.62. The molecule has 0 saturated heterocycles. The van der Waals surface area contributed by atoms with Gasteiger partial charge in [0.2, 0.25) is 0 Å². The Labute approximate surface area is 159 Å². The van der Waals surface area contributed by atoms with Crippen molar-refractivity contribution in [2.24, 2.45) is 10.2 Å². The second-order valence-electron chi connectivity index (χ2n) is 5.36. The summed E-state index contributed by atoms with van der Waals surface area (Å²) >= 11 is 1.21. The van der Waals surface area contributed by atoms with Crippen molar-refractivity contribution >= 4 is 45.1 Å². The molecule has 3 N–H and O–H groups in total. The van der Waals surface area contributed by atoms with Crippen molar-refractivity contribution in [3.05, 3.63) is 65.0 Å². The number of anilines is 3. The van der Waals surface area contributed by atoms with Crippen LogP contribution < -0.4 is 11.1 Å². The molecule has 0 amide bonds. The summed E-state index contributed by atoms with van der Waals surface area (Å²) in [5.74, 6) is -0.423. The van der Waals surface area contributed by atoms with Gasteiger partial charge in [-0.2, -0.15) is 10.4 Å². The molecule has 1 aromatic heterocycles. The Morgan fingerprint density at radius 1 is 1.15 bits per heavy atom. The zero-order valence-electron chi connectivity index (χ0n) is 14.3. The van der Waals surface area contributed by atoms with Crippen LogP contribution in [0.15, 0.2) is 64.8 Å². The van der Waals surface area contributed by atoms with Crippen LogP contribution in [0.2, 0.25) is 0 Å². The largest absolute Gasteiger partial charge is 0.465 e. The van der Waals surface area contributed by atoms with E-state index in [0.717, 1.165) is 5.69 Å². The van der Waals surface area contributed by atoms with Gasteiger partial charge in [0, 0.05) is 5.69 Å². The van der Waals surface area contributed by atoms with Gasteiger partial charge in [-0.1, -0.05) is 18.2 Å². The van der Waals surface area contributed by atoms with E-state index in [0.29, 0.717) is 26.8 Å². The van der Waals surface area contributed by atoms with Crippen LogP contribution in [0.5, 0.6) is 0 Å². The zero-order chi connectivity index (χ0) is 19.2. The van der Waals surface area contributed by atoms with Crippen LogP contribution >= 0.6 is 11.3 Å². The first-order chi connectivity index (χ1) is 13.1. The first kappa shape index (κ1) is 18.1. The number of nitrogen functional groups attached to an aromatic ring is 1. The highest BCUT2D eigenvalue weighted by atomic mass is 32.1. The highest BCUT2D eigenvalue weighted by molar-refractivity contribution is 7.18. The molecular weight excluding hydrogens is 362 g/mol. The number of rotatable bonds is 5. The van der Waals surface area contributed by atoms with Crippen molar-refractivity contribution in [1.82, 2.24) is 0 Å². The molecule has 134 valence electrons. The number of azo groups is 1. The van der Waals surface area contributed by atoms with Crippen molar-refractivity contribution in [2.45, 2.75) is 0 Å². The minimum absolute atomic E-state index is 0.274. The van der Waals surface area contributed by atoms with Gasteiger partial charge in [0.15, 0.2) is 0 Å². The van der Waals surface area contributed by atoms with E-state index in [4.69, 9.17) is 5.73 Å². The molecule has 3 rings (SSSR count). The number of hydrogen-bond donors (Lipinski definition) is 2. The smallest absolute Gasteiger partial charge is 0.337 e. The maximum atomic E-state index is 11.5. The number of methoxy groups -OCH3 is 1. The molecule has 27 heavy (non-hydrogen) atoms. The van der Waals surface area contributed by atoms with Crippen molar-refractivity contribution in [1.29, 1.82) is 5.26 Å². The number of nitrogens with one attached hydrogen (secondary N) is 1. The lowest BCUT2D eigenvalue weighted by Crippen LogP contribution is -1.99. The van der Waals surface area contributed by atoms with Gasteiger partial charge < -0.3 is 15.8 Å². The average Bonchev–Trinajstić information content (AvgIpc) is 3.01. The summed E-state index contributed by atoms with van der Waals surface area (Å²) in [4.78, 5) is 11.8. The van der Waals surface area contributed by atoms with Crippen LogP contribution in [0.1, 0.15) is 15.2 Å². The van der Waals surface area contributed by atoms with Crippen molar-refractivity contribution in [3.63, 3.8) is 0 Å². The van der Waals surface area contributed by atoms with Crippen LogP contribution in [0.4, 0.5) is 27.8 Å². The van der Waals surface area contributed by atoms with Crippen LogP contribution in [0, 0.1) is 11.3 Å². The number of esters is 1. The quantitative estimate of drug-likeness (QED) is 0.472. The summed E-state index contributed by atoms with van der Waals surface area (Å²) in [5.41, 5.74) is 8.53. The number of nitrogens with zero attached hydrogens (tertiary/aromatic N) is 3. The molecular formula is C19H15N5O2S. The molecule has 0 atom stereocenters. The van der Waals surface area contributed by atoms with Crippen LogP contribution in [-0.4, -0.2) is 13.1 Å². The van der Waals surface area contributed by atoms with Crippen molar-refractivity contribution in [3.8, 4) is 6.07 Å². The van der Waals surface area contributed by atoms with Gasteiger partial charge in [0.25, 0.3) is 0 Å². The van der Waals surface area contributed by atoms with Crippen molar-refractivity contribution in [2.75, 3.05) is 18.2 Å². The minimum Gasteiger partial charge on any atom is -0.465 e. The molecule has 0 saturated carbocycles. The van der Waals surface area contributed by atoms with Gasteiger partial charge in [0.05, 0.1) is 24.0 Å². The predicted octanol–water partition coefficient (Wildman–Crippen LogP) is 5.15. The standard InChI is InChI=1S/C19H15N5O2S/c1-26-19(25)12-7-9-14(10-8-12)23-24-17-16(21)15(11-20)27-18(17)22-13-5-3-2-4-6-13/h2-10,22H,21H2,1H3. The maximum absolute atomic E-state index is 11.5. The molecule has 0 spiro atoms. The SMILES string of the molecule is COC(=O)c1ccc(N=Nc2c(Nc3ccccc3)sc(C#N)c2N)cc1. The van der Waals surface area contributed by atoms with Gasteiger partial charge in [-0.25, -0.2) is 4.79 Å². The Hall–Kier alpha value is -3.70. The fraction of sp³-hybridized carbons (Fsp3) is 0.0526. The molecule has 0 aliphatic carbocycles. The lowest BCUT2D eigenvalue weighted by Gasteiger charge is -2.04. The number of benzene rings is 2. The van der Waals surface area contributed by atoms with Crippen molar-refractivity contribution < 1.29 is 9.53 Å². The molecule has 2 aromatic carbocycles. The first-order valence-electron chi connectivity index (χ1n) is 7.87. The summed E-state index contributed by atoms with van der Waals surface area (Å²) in [6.45, 7) is 0. The number of nitrogens with two attached hydrogens (primary N) is 1. The summed E-state index contributed by atoms with van der Waals surface area (Å²) in [6.07, 6.45) is 0. The maximum Gasteiger partial charge on any atom is 0.337 e. The molecule has 0 aliphatic heterocycles. The topological polar surface area (TPSA) is 113 Å². The number of nitriles is 1. The summed E-state index contributed by atoms with van der Waals surface area (Å²) in [7, 11) is 1.32. The molecule has 0 bridgehead atoms. The summed E-state index contributed by atoms with van der Waals surface area (Å²) in [5, 5.41) is 21.5. The number of carbonyl (C=O) groups is 1. The van der Waals surface area contributed by atoms with E-state index in [1.807, 2.05) is 30.3 Å². The van der Waals surface area contributed by atoms with Crippen LogP contribution in [-0.2, 0) is 4.74 Å². The molecule has 8 heteroatoms. The van der Waals surface area contributed by atoms with E-state index >= 15 is 0 Å². The van der Waals surface area contributed by atoms with E-state index in [1.165, 1.54) is 18.4 Å². The van der Waals surface area contributed by atoms with Gasteiger partial charge >= 0.3 is 5.97 Å². The number of ether oxygens (including phenoxy) is 1. The van der Waals surface area contributed by atoms with Crippen LogP contribution in [0.3, 0.4) is 0 Å². The summed E-state index contributed by atoms with van der Waals surface area (Å²) in [6, 6.07) is 18.1. The third kappa shape index (κ3) is 4.11. The Bertz CT molecular complexity index is 1020. The molecule has 0 fully saturated rings. The number of hydrogen-bond acceptors (Lipinski definition) is 8. The van der Waals surface area contributed by atoms with Gasteiger partial charge in [-0.3, -0.25) is 0 Å². The highest BCUT2D eigenvalue weighted by Crippen LogP contribution is 2.44. The lowest BCUT2D eigenvalue weighted by atomic mass is 10.2. The van der Waals surface area contributed by atoms with Crippen LogP contribution in [0.25, 0.3) is 0 Å². The zero-order valence-corrected chi connectivity index (χ0v) is 15.2. The van der Waals surface area contributed by atoms with E-state index in [1.54, 1.807) is 24.3 Å². The first-order valence-corrected chi connectivity index (χ1v) is 8.68. The summed E-state index contributed by atoms with van der Waals surface area (Å²) < 4.78 is 4.66. The third-order valence-electron chi connectivity index (χ3n) is 3.61. The van der Waals surface area contributed by atoms with Gasteiger partial charge in [0.1, 0.15) is 21.6 Å². The number of para-hydroxylation sites is 1. The normalized spacial score (nSPS) is 10.5. The Kier molecular flexibility index (Phi) is 5.44. The van der Waals surface area contributed by atoms with Gasteiger partial charge in [-0.15, -0.1) is 16.5 Å². The number of thiophene rings is 1. The van der Waals surface area contributed by atoms with E-state index in [9.17, 15) is 10.1 Å². The minimum atomic E-state index is -0.423. The number of carbonyl (C=O) groups excluding carboxylic acids is 1. The Morgan fingerprint density at radius 2 is 1.85 bits per heavy atom. The Balaban J connectivity index is 1.89. The molecule has 0 radical (unpaired) electrons. The van der Waals surface area contributed by atoms with E-state index < -0.39 is 5.97 Å².